The van der Waals surface area contributed by atoms with Crippen molar-refractivity contribution in [2.75, 3.05) is 19.0 Å². The number of carbonyl (C=O) groups excluding carboxylic acids is 1. The molecular formula is C13H14ClFN2O2. The Morgan fingerprint density at radius 3 is 2.89 bits per heavy atom. The first kappa shape index (κ1) is 13.8. The molecule has 1 aromatic heterocycles. The summed E-state index contributed by atoms with van der Waals surface area (Å²) in [6.07, 6.45) is 3.62. The second-order valence-corrected chi connectivity index (χ2v) is 4.73. The fourth-order valence-corrected chi connectivity index (χ4v) is 1.92. The smallest absolute Gasteiger partial charge is 0.357 e. The molecule has 0 radical (unpaired) electrons. The summed E-state index contributed by atoms with van der Waals surface area (Å²) >= 11 is 5.71. The van der Waals surface area contributed by atoms with Crippen molar-refractivity contribution in [1.29, 1.82) is 0 Å². The lowest BCUT2D eigenvalue weighted by atomic mass is 10.1. The predicted molar refractivity (Wildman–Crippen MR) is 71.8 cm³/mol. The van der Waals surface area contributed by atoms with Gasteiger partial charge in [0.25, 0.3) is 0 Å². The van der Waals surface area contributed by atoms with E-state index in [1.54, 1.807) is 0 Å². The van der Waals surface area contributed by atoms with E-state index in [0.717, 1.165) is 12.8 Å². The number of anilines is 1. The van der Waals surface area contributed by atoms with Gasteiger partial charge < -0.3 is 10.1 Å². The van der Waals surface area contributed by atoms with Crippen molar-refractivity contribution in [3.05, 3.63) is 28.8 Å². The Hall–Kier alpha value is -1.62. The number of pyridine rings is 1. The Balaban J connectivity index is 2.44. The molecule has 0 saturated heterocycles. The minimum atomic E-state index is -0.676. The van der Waals surface area contributed by atoms with E-state index in [1.807, 2.05) is 0 Å². The van der Waals surface area contributed by atoms with Gasteiger partial charge in [0.05, 0.1) is 12.8 Å². The van der Waals surface area contributed by atoms with Crippen molar-refractivity contribution in [3.63, 3.8) is 0 Å². The molecule has 1 aliphatic rings. The quantitative estimate of drug-likeness (QED) is 0.667. The molecule has 1 heterocycles. The van der Waals surface area contributed by atoms with E-state index in [0.29, 0.717) is 12.5 Å². The summed E-state index contributed by atoms with van der Waals surface area (Å²) in [6, 6.07) is 0. The number of aromatic nitrogens is 1. The highest BCUT2D eigenvalue weighted by Crippen LogP contribution is 2.33. The predicted octanol–water partition coefficient (Wildman–Crippen LogP) is 3.13. The second kappa shape index (κ2) is 5.57. The lowest BCUT2D eigenvalue weighted by Crippen LogP contribution is -2.14. The van der Waals surface area contributed by atoms with Gasteiger partial charge in [0, 0.05) is 12.1 Å². The molecule has 1 N–H and O–H groups in total. The maximum absolute atomic E-state index is 14.0. The summed E-state index contributed by atoms with van der Waals surface area (Å²) in [5, 5.41) is 2.62. The Labute approximate surface area is 115 Å². The summed E-state index contributed by atoms with van der Waals surface area (Å²) in [6.45, 7) is 4.22. The number of methoxy groups -OCH3 is 1. The van der Waals surface area contributed by atoms with E-state index >= 15 is 0 Å². The number of halogens is 2. The van der Waals surface area contributed by atoms with Crippen LogP contribution in [0.2, 0.25) is 5.15 Å². The van der Waals surface area contributed by atoms with E-state index < -0.39 is 11.8 Å². The standard InChI is InChI=1S/C13H14ClFN2O2/c1-3-8-10(16-6-7-4-5-7)9(15)12(14)17-11(8)13(18)19-2/h3,7H,1,4-6H2,2H3,(H,16,17). The minimum Gasteiger partial charge on any atom is -0.464 e. The number of hydrogen-bond donors (Lipinski definition) is 1. The average Bonchev–Trinajstić information content (AvgIpc) is 3.23. The van der Waals surface area contributed by atoms with Crippen LogP contribution in [0.1, 0.15) is 28.9 Å². The lowest BCUT2D eigenvalue weighted by molar-refractivity contribution is 0.0593. The third kappa shape index (κ3) is 2.87. The molecule has 0 aliphatic heterocycles. The van der Waals surface area contributed by atoms with Gasteiger partial charge >= 0.3 is 5.97 Å². The first-order chi connectivity index (χ1) is 9.08. The van der Waals surface area contributed by atoms with Gasteiger partial charge in [-0.05, 0) is 18.8 Å². The lowest BCUT2D eigenvalue weighted by Gasteiger charge is -2.14. The molecule has 2 rings (SSSR count). The number of carbonyl (C=O) groups is 1. The summed E-state index contributed by atoms with van der Waals surface area (Å²) < 4.78 is 18.6. The molecule has 0 unspecified atom stereocenters. The Morgan fingerprint density at radius 2 is 2.37 bits per heavy atom. The third-order valence-electron chi connectivity index (χ3n) is 2.98. The zero-order valence-electron chi connectivity index (χ0n) is 10.5. The first-order valence-electron chi connectivity index (χ1n) is 5.92. The fraction of sp³-hybridized carbons (Fsp3) is 0.385. The third-order valence-corrected chi connectivity index (χ3v) is 3.23. The van der Waals surface area contributed by atoms with Crippen molar-refractivity contribution >= 4 is 29.3 Å². The number of nitrogens with zero attached hydrogens (tertiary/aromatic N) is 1. The summed E-state index contributed by atoms with van der Waals surface area (Å²) in [5.41, 5.74) is 0.388. The van der Waals surface area contributed by atoms with Crippen LogP contribution in [-0.4, -0.2) is 24.6 Å². The highest BCUT2D eigenvalue weighted by Gasteiger charge is 2.25. The van der Waals surface area contributed by atoms with E-state index in [1.165, 1.54) is 13.2 Å². The van der Waals surface area contributed by atoms with Gasteiger partial charge in [0.1, 0.15) is 0 Å². The van der Waals surface area contributed by atoms with Crippen molar-refractivity contribution in [1.82, 2.24) is 4.98 Å². The first-order valence-corrected chi connectivity index (χ1v) is 6.29. The van der Waals surface area contributed by atoms with Crippen molar-refractivity contribution in [3.8, 4) is 0 Å². The van der Waals surface area contributed by atoms with Gasteiger partial charge in [-0.3, -0.25) is 0 Å². The Kier molecular flexibility index (Phi) is 4.04. The molecule has 6 heteroatoms. The summed E-state index contributed by atoms with van der Waals surface area (Å²) in [5.74, 6) is -0.804. The van der Waals surface area contributed by atoms with Crippen LogP contribution >= 0.6 is 11.6 Å². The molecule has 0 atom stereocenters. The van der Waals surface area contributed by atoms with Crippen molar-refractivity contribution < 1.29 is 13.9 Å². The molecule has 0 aromatic carbocycles. The molecule has 1 fully saturated rings. The van der Waals surface area contributed by atoms with Gasteiger partial charge in [0.15, 0.2) is 16.7 Å². The zero-order chi connectivity index (χ0) is 14.0. The molecular weight excluding hydrogens is 271 g/mol. The Morgan fingerprint density at radius 1 is 1.68 bits per heavy atom. The number of hydrogen-bond acceptors (Lipinski definition) is 4. The SMILES string of the molecule is C=Cc1c(C(=O)OC)nc(Cl)c(F)c1NCC1CC1. The largest absolute Gasteiger partial charge is 0.464 e. The monoisotopic (exact) mass is 284 g/mol. The minimum absolute atomic E-state index is 0.0396. The number of nitrogens with one attached hydrogen (secondary N) is 1. The highest BCUT2D eigenvalue weighted by molar-refractivity contribution is 6.30. The highest BCUT2D eigenvalue weighted by atomic mass is 35.5. The molecule has 0 spiro atoms. The van der Waals surface area contributed by atoms with Crippen molar-refractivity contribution in [2.24, 2.45) is 5.92 Å². The fourth-order valence-electron chi connectivity index (χ4n) is 1.74. The number of rotatable bonds is 5. The zero-order valence-corrected chi connectivity index (χ0v) is 11.3. The second-order valence-electron chi connectivity index (χ2n) is 4.37. The maximum Gasteiger partial charge on any atom is 0.357 e. The maximum atomic E-state index is 14.0. The summed E-state index contributed by atoms with van der Waals surface area (Å²) in [7, 11) is 1.23. The molecule has 102 valence electrons. The van der Waals surface area contributed by atoms with Gasteiger partial charge in [-0.1, -0.05) is 24.3 Å². The Bertz CT molecular complexity index is 530. The van der Waals surface area contributed by atoms with Crippen LogP contribution in [-0.2, 0) is 4.74 Å². The molecule has 19 heavy (non-hydrogen) atoms. The van der Waals surface area contributed by atoms with E-state index in [9.17, 15) is 9.18 Å². The molecule has 1 aromatic rings. The normalized spacial score (nSPS) is 14.1. The van der Waals surface area contributed by atoms with Gasteiger partial charge in [0.2, 0.25) is 0 Å². The number of ether oxygens (including phenoxy) is 1. The molecule has 0 amide bonds. The van der Waals surface area contributed by atoms with Crippen LogP contribution in [0.4, 0.5) is 10.1 Å². The van der Waals surface area contributed by atoms with E-state index in [2.05, 4.69) is 21.6 Å². The van der Waals surface area contributed by atoms with Crippen LogP contribution in [0.15, 0.2) is 6.58 Å². The van der Waals surface area contributed by atoms with E-state index in [4.69, 9.17) is 11.6 Å². The van der Waals surface area contributed by atoms with Gasteiger partial charge in [-0.2, -0.15) is 0 Å². The molecule has 1 saturated carbocycles. The van der Waals surface area contributed by atoms with Crippen LogP contribution in [0.5, 0.6) is 0 Å². The van der Waals surface area contributed by atoms with Crippen LogP contribution in [0.3, 0.4) is 0 Å². The topological polar surface area (TPSA) is 51.2 Å². The van der Waals surface area contributed by atoms with Crippen LogP contribution in [0.25, 0.3) is 6.08 Å². The van der Waals surface area contributed by atoms with Crippen LogP contribution < -0.4 is 5.32 Å². The van der Waals surface area contributed by atoms with Gasteiger partial charge in [-0.15, -0.1) is 0 Å². The number of esters is 1. The molecule has 0 bridgehead atoms. The molecule has 1 aliphatic carbocycles. The van der Waals surface area contributed by atoms with Crippen LogP contribution in [0, 0.1) is 11.7 Å². The van der Waals surface area contributed by atoms with Crippen molar-refractivity contribution in [2.45, 2.75) is 12.8 Å². The van der Waals surface area contributed by atoms with Gasteiger partial charge in [-0.25, -0.2) is 14.2 Å². The summed E-state index contributed by atoms with van der Waals surface area (Å²) in [4.78, 5) is 15.3. The molecule has 4 nitrogen and oxygen atoms in total. The average molecular weight is 285 g/mol. The van der Waals surface area contributed by atoms with E-state index in [-0.39, 0.29) is 22.1 Å².